The zero-order valence-electron chi connectivity index (χ0n) is 13.8. The van der Waals surface area contributed by atoms with Crippen LogP contribution in [0.5, 0.6) is 0 Å². The van der Waals surface area contributed by atoms with Crippen molar-refractivity contribution in [2.45, 2.75) is 31.8 Å². The summed E-state index contributed by atoms with van der Waals surface area (Å²) in [5.41, 5.74) is -0.805. The highest BCUT2D eigenvalue weighted by Crippen LogP contribution is 2.30. The van der Waals surface area contributed by atoms with E-state index in [-0.39, 0.29) is 11.8 Å². The number of nitrogens with zero attached hydrogens (tertiary/aromatic N) is 3. The number of rotatable bonds is 3. The first-order valence-corrected chi connectivity index (χ1v) is 8.88. The minimum atomic E-state index is -0.805. The van der Waals surface area contributed by atoms with E-state index >= 15 is 0 Å². The third-order valence-electron chi connectivity index (χ3n) is 4.78. The van der Waals surface area contributed by atoms with E-state index < -0.39 is 11.6 Å². The summed E-state index contributed by atoms with van der Waals surface area (Å²) in [5, 5.41) is 11.4. The maximum Gasteiger partial charge on any atom is 0.322 e. The van der Waals surface area contributed by atoms with Crippen molar-refractivity contribution < 1.29 is 9.59 Å². The fraction of sp³-hybridized carbons (Fsp3) is 0.600. The van der Waals surface area contributed by atoms with Gasteiger partial charge in [0.05, 0.1) is 6.54 Å². The number of carbonyl (C=O) groups is 2. The summed E-state index contributed by atoms with van der Waals surface area (Å²) in [5.74, 6) is 0.739. The van der Waals surface area contributed by atoms with E-state index in [1.807, 2.05) is 12.3 Å². The number of imide groups is 1. The third-order valence-corrected chi connectivity index (χ3v) is 5.56. The van der Waals surface area contributed by atoms with Crippen molar-refractivity contribution in [2.75, 3.05) is 20.1 Å². The van der Waals surface area contributed by atoms with Gasteiger partial charge in [-0.3, -0.25) is 15.1 Å². The first kappa shape index (κ1) is 16.7. The second-order valence-electron chi connectivity index (χ2n) is 6.20. The van der Waals surface area contributed by atoms with E-state index in [0.29, 0.717) is 6.54 Å². The second kappa shape index (κ2) is 6.76. The Balaban J connectivity index is 1.56. The molecule has 2 fully saturated rings. The van der Waals surface area contributed by atoms with Crippen molar-refractivity contribution in [3.05, 3.63) is 16.6 Å². The molecule has 130 valence electrons. The Kier molecular flexibility index (Phi) is 4.70. The van der Waals surface area contributed by atoms with Crippen LogP contribution in [0.25, 0.3) is 0 Å². The normalized spacial score (nSPS) is 25.6. The lowest BCUT2D eigenvalue weighted by Crippen LogP contribution is -2.55. The SMILES string of the molecule is CN=C(NCc1nccs1)N1CCC(C2(C)NC(=O)NC2=O)CC1. The van der Waals surface area contributed by atoms with Crippen molar-refractivity contribution in [1.82, 2.24) is 25.8 Å². The number of hydrogen-bond donors (Lipinski definition) is 3. The lowest BCUT2D eigenvalue weighted by Gasteiger charge is -2.39. The van der Waals surface area contributed by atoms with Gasteiger partial charge in [0.2, 0.25) is 0 Å². The highest BCUT2D eigenvalue weighted by molar-refractivity contribution is 7.09. The van der Waals surface area contributed by atoms with Gasteiger partial charge in [-0.2, -0.15) is 0 Å². The lowest BCUT2D eigenvalue weighted by molar-refractivity contribution is -0.125. The molecule has 1 atom stereocenters. The quantitative estimate of drug-likeness (QED) is 0.420. The fourth-order valence-electron chi connectivity index (χ4n) is 3.34. The minimum absolute atomic E-state index is 0.122. The fourth-order valence-corrected chi connectivity index (χ4v) is 3.90. The van der Waals surface area contributed by atoms with Gasteiger partial charge in [-0.1, -0.05) is 0 Å². The van der Waals surface area contributed by atoms with E-state index in [4.69, 9.17) is 0 Å². The minimum Gasteiger partial charge on any atom is -0.350 e. The highest BCUT2D eigenvalue weighted by atomic mass is 32.1. The molecule has 1 aromatic heterocycles. The van der Waals surface area contributed by atoms with Gasteiger partial charge in [-0.15, -0.1) is 11.3 Å². The molecular formula is C15H22N6O2S. The number of aliphatic imine (C=N–C) groups is 1. The largest absolute Gasteiger partial charge is 0.350 e. The molecule has 9 heteroatoms. The van der Waals surface area contributed by atoms with Gasteiger partial charge in [0.25, 0.3) is 5.91 Å². The monoisotopic (exact) mass is 350 g/mol. The molecule has 0 saturated carbocycles. The summed E-state index contributed by atoms with van der Waals surface area (Å²) in [6.45, 7) is 4.05. The number of carbonyl (C=O) groups excluding carboxylic acids is 2. The number of piperidine rings is 1. The Morgan fingerprint density at radius 3 is 2.79 bits per heavy atom. The molecule has 0 spiro atoms. The van der Waals surface area contributed by atoms with Gasteiger partial charge >= 0.3 is 6.03 Å². The maximum absolute atomic E-state index is 12.1. The van der Waals surface area contributed by atoms with Gasteiger partial charge in [0.15, 0.2) is 5.96 Å². The molecule has 0 aliphatic carbocycles. The number of nitrogens with one attached hydrogen (secondary N) is 3. The van der Waals surface area contributed by atoms with Gasteiger partial charge in [-0.05, 0) is 25.7 Å². The zero-order valence-corrected chi connectivity index (χ0v) is 14.7. The molecule has 2 aliphatic heterocycles. The van der Waals surface area contributed by atoms with E-state index in [1.165, 1.54) is 0 Å². The third kappa shape index (κ3) is 3.21. The Bertz CT molecular complexity index is 638. The van der Waals surface area contributed by atoms with Crippen LogP contribution in [0.15, 0.2) is 16.6 Å². The summed E-state index contributed by atoms with van der Waals surface area (Å²) in [6.07, 6.45) is 3.43. The Hall–Kier alpha value is -2.16. The Labute approximate surface area is 144 Å². The Morgan fingerprint density at radius 1 is 1.50 bits per heavy atom. The molecule has 3 rings (SSSR count). The van der Waals surface area contributed by atoms with E-state index in [9.17, 15) is 9.59 Å². The van der Waals surface area contributed by atoms with E-state index in [2.05, 4.69) is 30.8 Å². The van der Waals surface area contributed by atoms with E-state index in [1.54, 1.807) is 24.6 Å². The van der Waals surface area contributed by atoms with Gasteiger partial charge in [0.1, 0.15) is 10.5 Å². The zero-order chi connectivity index (χ0) is 17.2. The summed E-state index contributed by atoms with van der Waals surface area (Å²) < 4.78 is 0. The number of aromatic nitrogens is 1. The van der Waals surface area contributed by atoms with Crippen molar-refractivity contribution in [2.24, 2.45) is 10.9 Å². The number of likely N-dealkylation sites (tertiary alicyclic amines) is 1. The first-order chi connectivity index (χ1) is 11.5. The molecule has 3 N–H and O–H groups in total. The second-order valence-corrected chi connectivity index (χ2v) is 7.18. The Morgan fingerprint density at radius 2 is 2.25 bits per heavy atom. The standard InChI is InChI=1S/C15H22N6O2S/c1-15(12(22)19-14(23)20-15)10-3-6-21(7-4-10)13(16-2)18-9-11-17-5-8-24-11/h5,8,10H,3-4,6-7,9H2,1-2H3,(H,16,18)(H2,19,20,22,23). The molecule has 3 heterocycles. The number of hydrogen-bond acceptors (Lipinski definition) is 5. The topological polar surface area (TPSA) is 98.7 Å². The van der Waals surface area contributed by atoms with Crippen molar-refractivity contribution in [3.63, 3.8) is 0 Å². The van der Waals surface area contributed by atoms with Crippen LogP contribution in [0.4, 0.5) is 4.79 Å². The molecule has 2 saturated heterocycles. The van der Waals surface area contributed by atoms with Crippen LogP contribution in [0, 0.1) is 5.92 Å². The summed E-state index contributed by atoms with van der Waals surface area (Å²) in [7, 11) is 1.77. The van der Waals surface area contributed by atoms with Crippen LogP contribution in [0.2, 0.25) is 0 Å². The molecule has 1 aromatic rings. The van der Waals surface area contributed by atoms with Gasteiger partial charge in [-0.25, -0.2) is 9.78 Å². The highest BCUT2D eigenvalue weighted by Gasteiger charge is 2.48. The van der Waals surface area contributed by atoms with Crippen LogP contribution in [-0.2, 0) is 11.3 Å². The smallest absolute Gasteiger partial charge is 0.322 e. The number of guanidine groups is 1. The van der Waals surface area contributed by atoms with Crippen molar-refractivity contribution >= 4 is 29.2 Å². The molecule has 8 nitrogen and oxygen atoms in total. The number of amides is 3. The molecular weight excluding hydrogens is 328 g/mol. The molecule has 0 aromatic carbocycles. The molecule has 0 radical (unpaired) electrons. The number of urea groups is 1. The molecule has 2 aliphatic rings. The molecule has 24 heavy (non-hydrogen) atoms. The summed E-state index contributed by atoms with van der Waals surface area (Å²) >= 11 is 1.61. The molecule has 3 amide bonds. The van der Waals surface area contributed by atoms with Crippen molar-refractivity contribution in [3.8, 4) is 0 Å². The van der Waals surface area contributed by atoms with Crippen LogP contribution in [0.1, 0.15) is 24.8 Å². The maximum atomic E-state index is 12.1. The average Bonchev–Trinajstić information content (AvgIpc) is 3.17. The summed E-state index contributed by atoms with van der Waals surface area (Å²) in [6, 6.07) is -0.397. The van der Waals surface area contributed by atoms with Gasteiger partial charge in [0, 0.05) is 31.7 Å². The predicted octanol–water partition coefficient (Wildman–Crippen LogP) is 0.529. The van der Waals surface area contributed by atoms with E-state index in [0.717, 1.165) is 36.9 Å². The van der Waals surface area contributed by atoms with Crippen LogP contribution < -0.4 is 16.0 Å². The summed E-state index contributed by atoms with van der Waals surface area (Å²) in [4.78, 5) is 34.3. The average molecular weight is 350 g/mol. The predicted molar refractivity (Wildman–Crippen MR) is 91.7 cm³/mol. The molecule has 1 unspecified atom stereocenters. The lowest BCUT2D eigenvalue weighted by atomic mass is 9.79. The first-order valence-electron chi connectivity index (χ1n) is 8.00. The van der Waals surface area contributed by atoms with Gasteiger partial charge < -0.3 is 15.5 Å². The van der Waals surface area contributed by atoms with Crippen molar-refractivity contribution in [1.29, 1.82) is 0 Å². The van der Waals surface area contributed by atoms with Crippen LogP contribution >= 0.6 is 11.3 Å². The van der Waals surface area contributed by atoms with Crippen LogP contribution in [-0.4, -0.2) is 53.5 Å². The number of thiazole rings is 1. The van der Waals surface area contributed by atoms with Crippen LogP contribution in [0.3, 0.4) is 0 Å². The molecule has 0 bridgehead atoms.